The second-order valence-electron chi connectivity index (χ2n) is 6.91. The van der Waals surface area contributed by atoms with Crippen molar-refractivity contribution in [2.75, 3.05) is 0 Å². The number of carbonyl (C=O) groups excluding carboxylic acids is 2. The maximum Gasteiger partial charge on any atom is 0.140 e. The highest BCUT2D eigenvalue weighted by molar-refractivity contribution is 6.02. The van der Waals surface area contributed by atoms with E-state index in [1.165, 1.54) is 0 Å². The summed E-state index contributed by atoms with van der Waals surface area (Å²) in [5.41, 5.74) is -0.306. The minimum Gasteiger partial charge on any atom is -0.299 e. The lowest BCUT2D eigenvalue weighted by Gasteiger charge is -2.62. The Morgan fingerprint density at radius 1 is 1.06 bits per heavy atom. The number of rotatable bonds is 0. The molecule has 2 nitrogen and oxygen atoms in total. The lowest BCUT2D eigenvalue weighted by Crippen LogP contribution is -2.64. The van der Waals surface area contributed by atoms with Gasteiger partial charge >= 0.3 is 0 Å². The Hall–Kier alpha value is -0.660. The first-order chi connectivity index (χ1) is 7.34. The molecule has 0 aromatic heterocycles. The molecule has 3 aliphatic carbocycles. The zero-order valence-corrected chi connectivity index (χ0v) is 10.4. The summed E-state index contributed by atoms with van der Waals surface area (Å²) in [6, 6.07) is 0. The molecule has 0 aromatic rings. The molecule has 3 fully saturated rings. The minimum atomic E-state index is -0.317. The lowest BCUT2D eigenvalue weighted by molar-refractivity contribution is -0.183. The summed E-state index contributed by atoms with van der Waals surface area (Å²) in [4.78, 5) is 24.5. The van der Waals surface area contributed by atoms with Gasteiger partial charge < -0.3 is 0 Å². The van der Waals surface area contributed by atoms with Crippen molar-refractivity contribution in [1.29, 1.82) is 0 Å². The lowest BCUT2D eigenvalue weighted by atomic mass is 9.39. The molecule has 0 N–H and O–H groups in total. The topological polar surface area (TPSA) is 34.1 Å². The summed E-state index contributed by atoms with van der Waals surface area (Å²) in [7, 11) is 0. The molecule has 0 saturated heterocycles. The Balaban J connectivity index is 2.11. The van der Waals surface area contributed by atoms with Crippen LogP contribution < -0.4 is 0 Å². The molecule has 0 radical (unpaired) electrons. The Bertz CT molecular complexity index is 396. The first-order valence-corrected chi connectivity index (χ1v) is 6.41. The summed E-state index contributed by atoms with van der Waals surface area (Å²) < 4.78 is 0. The maximum absolute atomic E-state index is 12.3. The van der Waals surface area contributed by atoms with Gasteiger partial charge in [-0.3, -0.25) is 9.59 Å². The normalized spacial score (nSPS) is 49.6. The van der Waals surface area contributed by atoms with E-state index in [4.69, 9.17) is 0 Å². The van der Waals surface area contributed by atoms with Crippen LogP contribution in [0.15, 0.2) is 0 Å². The van der Waals surface area contributed by atoms with Crippen molar-refractivity contribution in [1.82, 2.24) is 0 Å². The van der Waals surface area contributed by atoms with Crippen LogP contribution in [0.5, 0.6) is 0 Å². The van der Waals surface area contributed by atoms with Crippen LogP contribution in [0.3, 0.4) is 0 Å². The second kappa shape index (κ2) is 2.60. The van der Waals surface area contributed by atoms with Gasteiger partial charge in [-0.05, 0) is 30.6 Å². The van der Waals surface area contributed by atoms with E-state index in [-0.39, 0.29) is 16.2 Å². The molecule has 3 unspecified atom stereocenters. The molecule has 0 aromatic carbocycles. The van der Waals surface area contributed by atoms with Gasteiger partial charge in [-0.25, -0.2) is 0 Å². The van der Waals surface area contributed by atoms with Crippen LogP contribution in [0.2, 0.25) is 0 Å². The highest BCUT2D eigenvalue weighted by atomic mass is 16.1. The predicted octanol–water partition coefficient (Wildman–Crippen LogP) is 2.75. The highest BCUT2D eigenvalue weighted by Crippen LogP contribution is 2.75. The fourth-order valence-corrected chi connectivity index (χ4v) is 5.09. The van der Waals surface area contributed by atoms with Crippen LogP contribution in [0.4, 0.5) is 0 Å². The third-order valence-corrected chi connectivity index (χ3v) is 5.88. The molecular formula is C14H20O2. The molecule has 0 aliphatic heterocycles. The number of ketones is 2. The standard InChI is InChI=1S/C14H20O2/c1-12(2)8-14-9(12)6-7-13(14,3)10(15)4-5-11(14)16/h9H,4-8H2,1-3H3. The van der Waals surface area contributed by atoms with Crippen LogP contribution >= 0.6 is 0 Å². The molecular weight excluding hydrogens is 200 g/mol. The van der Waals surface area contributed by atoms with E-state index in [0.717, 1.165) is 19.3 Å². The molecule has 0 amide bonds. The van der Waals surface area contributed by atoms with E-state index < -0.39 is 0 Å². The van der Waals surface area contributed by atoms with Crippen LogP contribution in [-0.4, -0.2) is 11.6 Å². The van der Waals surface area contributed by atoms with E-state index in [1.807, 2.05) is 0 Å². The molecule has 16 heavy (non-hydrogen) atoms. The summed E-state index contributed by atoms with van der Waals surface area (Å²) in [5.74, 6) is 1.20. The Morgan fingerprint density at radius 3 is 2.31 bits per heavy atom. The second-order valence-corrected chi connectivity index (χ2v) is 6.91. The zero-order chi connectivity index (χ0) is 11.8. The van der Waals surface area contributed by atoms with Gasteiger partial charge in [-0.2, -0.15) is 0 Å². The molecule has 2 heteroatoms. The van der Waals surface area contributed by atoms with Crippen LogP contribution in [-0.2, 0) is 9.59 Å². The van der Waals surface area contributed by atoms with E-state index in [9.17, 15) is 9.59 Å². The zero-order valence-electron chi connectivity index (χ0n) is 10.4. The first kappa shape index (κ1) is 10.5. The van der Waals surface area contributed by atoms with Crippen LogP contribution in [0.25, 0.3) is 0 Å². The van der Waals surface area contributed by atoms with Crippen molar-refractivity contribution in [2.45, 2.75) is 52.9 Å². The molecule has 0 heterocycles. The van der Waals surface area contributed by atoms with E-state index in [2.05, 4.69) is 20.8 Å². The minimum absolute atomic E-state index is 0.258. The van der Waals surface area contributed by atoms with Gasteiger partial charge in [0.1, 0.15) is 11.6 Å². The van der Waals surface area contributed by atoms with Gasteiger partial charge in [-0.1, -0.05) is 20.8 Å². The summed E-state index contributed by atoms with van der Waals surface area (Å²) in [5, 5.41) is 0. The van der Waals surface area contributed by atoms with Gasteiger partial charge in [0.25, 0.3) is 0 Å². The van der Waals surface area contributed by atoms with Gasteiger partial charge in [0, 0.05) is 23.7 Å². The Morgan fingerprint density at radius 2 is 1.69 bits per heavy atom. The van der Waals surface area contributed by atoms with Crippen LogP contribution in [0, 0.1) is 22.2 Å². The van der Waals surface area contributed by atoms with E-state index >= 15 is 0 Å². The quantitative estimate of drug-likeness (QED) is 0.629. The molecule has 3 atom stereocenters. The van der Waals surface area contributed by atoms with Crippen molar-refractivity contribution >= 4 is 11.6 Å². The number of carbonyl (C=O) groups is 2. The SMILES string of the molecule is CC1(C)CC23C(=O)CCC(=O)C2(C)CCC13. The maximum atomic E-state index is 12.3. The third-order valence-electron chi connectivity index (χ3n) is 5.88. The molecule has 88 valence electrons. The third kappa shape index (κ3) is 0.834. The largest absolute Gasteiger partial charge is 0.299 e. The van der Waals surface area contributed by atoms with Gasteiger partial charge in [0.15, 0.2) is 0 Å². The van der Waals surface area contributed by atoms with Crippen molar-refractivity contribution in [3.05, 3.63) is 0 Å². The molecule has 3 rings (SSSR count). The van der Waals surface area contributed by atoms with Gasteiger partial charge in [0.2, 0.25) is 0 Å². The van der Waals surface area contributed by atoms with Crippen molar-refractivity contribution in [2.24, 2.45) is 22.2 Å². The fraction of sp³-hybridized carbons (Fsp3) is 0.857. The van der Waals surface area contributed by atoms with Crippen molar-refractivity contribution < 1.29 is 9.59 Å². The van der Waals surface area contributed by atoms with E-state index in [0.29, 0.717) is 30.3 Å². The summed E-state index contributed by atoms with van der Waals surface area (Å²) in [6.07, 6.45) is 3.93. The summed E-state index contributed by atoms with van der Waals surface area (Å²) >= 11 is 0. The fourth-order valence-electron chi connectivity index (χ4n) is 5.09. The summed E-state index contributed by atoms with van der Waals surface area (Å²) in [6.45, 7) is 6.56. The Labute approximate surface area is 96.8 Å². The van der Waals surface area contributed by atoms with Gasteiger partial charge in [-0.15, -0.1) is 0 Å². The number of hydrogen-bond acceptors (Lipinski definition) is 2. The molecule has 3 saturated carbocycles. The van der Waals surface area contributed by atoms with Crippen LogP contribution in [0.1, 0.15) is 52.9 Å². The number of Topliss-reactive ketones (excluding diaryl/α,β-unsaturated/α-hetero) is 2. The van der Waals surface area contributed by atoms with E-state index in [1.54, 1.807) is 0 Å². The smallest absolute Gasteiger partial charge is 0.140 e. The molecule has 1 spiro atoms. The average Bonchev–Trinajstić information content (AvgIpc) is 2.45. The first-order valence-electron chi connectivity index (χ1n) is 6.41. The Kier molecular flexibility index (Phi) is 1.70. The monoisotopic (exact) mass is 220 g/mol. The molecule has 0 bridgehead atoms. The van der Waals surface area contributed by atoms with Crippen molar-refractivity contribution in [3.63, 3.8) is 0 Å². The average molecular weight is 220 g/mol. The van der Waals surface area contributed by atoms with Crippen molar-refractivity contribution in [3.8, 4) is 0 Å². The number of hydrogen-bond donors (Lipinski definition) is 0. The molecule has 3 aliphatic rings. The predicted molar refractivity (Wildman–Crippen MR) is 60.9 cm³/mol. The van der Waals surface area contributed by atoms with Gasteiger partial charge in [0.05, 0.1) is 0 Å². The highest BCUT2D eigenvalue weighted by Gasteiger charge is 2.75.